The highest BCUT2D eigenvalue weighted by atomic mass is 16.3. The van der Waals surface area contributed by atoms with Gasteiger partial charge in [0.05, 0.1) is 5.92 Å². The maximum Gasteiger partial charge on any atom is 0.136 e. The Morgan fingerprint density at radius 2 is 1.40 bits per heavy atom. The predicted molar refractivity (Wildman–Crippen MR) is 171 cm³/mol. The van der Waals surface area contributed by atoms with E-state index in [-0.39, 0.29) is 5.92 Å². The van der Waals surface area contributed by atoms with E-state index in [0.717, 1.165) is 39.0 Å². The molecular weight excluding hydrogens is 514 g/mol. The van der Waals surface area contributed by atoms with Gasteiger partial charge < -0.3 is 14.2 Å². The molecule has 2 aliphatic heterocycles. The first-order valence-electron chi connectivity index (χ1n) is 14.4. The first-order chi connectivity index (χ1) is 20.7. The fraction of sp³-hybridized carbons (Fsp3) is 0.0789. The number of aromatic nitrogens is 1. The van der Waals surface area contributed by atoms with Crippen molar-refractivity contribution in [2.24, 2.45) is 0 Å². The molecule has 0 spiro atoms. The van der Waals surface area contributed by atoms with Crippen LogP contribution in [0.15, 0.2) is 144 Å². The average molecular weight is 542 g/mol. The number of pyridine rings is 1. The van der Waals surface area contributed by atoms with Crippen LogP contribution in [-0.2, 0) is 0 Å². The molecule has 0 fully saturated rings. The van der Waals surface area contributed by atoms with E-state index in [2.05, 4.69) is 132 Å². The van der Waals surface area contributed by atoms with Gasteiger partial charge in [0.25, 0.3) is 0 Å². The monoisotopic (exact) mass is 541 g/mol. The van der Waals surface area contributed by atoms with Crippen molar-refractivity contribution >= 4 is 44.8 Å². The van der Waals surface area contributed by atoms with Crippen LogP contribution in [0.1, 0.15) is 24.0 Å². The standard InChI is InChI=1S/C38H27N3O/c1-38-37(30-15-5-7-17-31(30)40(38)26-12-3-2-4-13-26)36-27(16-11-18-32(36)41(38)35-20-9-10-23-39-35)25-21-22-29-28-14-6-8-19-33(28)42-34(29)24-25/h2-24,37H,1H3. The lowest BCUT2D eigenvalue weighted by Crippen LogP contribution is -2.53. The van der Waals surface area contributed by atoms with E-state index in [1.807, 2.05) is 24.4 Å². The predicted octanol–water partition coefficient (Wildman–Crippen LogP) is 9.80. The van der Waals surface area contributed by atoms with Crippen molar-refractivity contribution in [3.63, 3.8) is 0 Å². The van der Waals surface area contributed by atoms with Crippen LogP contribution in [0.3, 0.4) is 0 Å². The number of benzene rings is 5. The number of furan rings is 1. The van der Waals surface area contributed by atoms with E-state index in [4.69, 9.17) is 9.40 Å². The maximum absolute atomic E-state index is 6.33. The smallest absolute Gasteiger partial charge is 0.136 e. The Kier molecular flexibility index (Phi) is 4.77. The minimum absolute atomic E-state index is 0.0773. The molecule has 0 saturated carbocycles. The highest BCUT2D eigenvalue weighted by Crippen LogP contribution is 2.64. The lowest BCUT2D eigenvalue weighted by atomic mass is 9.83. The van der Waals surface area contributed by atoms with Gasteiger partial charge in [0.1, 0.15) is 22.6 Å². The largest absolute Gasteiger partial charge is 0.456 e. The molecule has 7 aromatic rings. The number of fused-ring (bicyclic) bond motifs is 8. The van der Waals surface area contributed by atoms with Gasteiger partial charge in [-0.25, -0.2) is 4.98 Å². The topological polar surface area (TPSA) is 32.5 Å². The van der Waals surface area contributed by atoms with Gasteiger partial charge in [0, 0.05) is 34.0 Å². The van der Waals surface area contributed by atoms with Crippen LogP contribution in [0.5, 0.6) is 0 Å². The van der Waals surface area contributed by atoms with Crippen LogP contribution in [-0.4, -0.2) is 10.6 Å². The van der Waals surface area contributed by atoms with E-state index in [9.17, 15) is 0 Å². The molecule has 4 heteroatoms. The van der Waals surface area contributed by atoms with Crippen molar-refractivity contribution in [1.29, 1.82) is 0 Å². The first-order valence-corrected chi connectivity index (χ1v) is 14.4. The van der Waals surface area contributed by atoms with Crippen molar-refractivity contribution < 1.29 is 4.42 Å². The second kappa shape index (κ2) is 8.58. The molecule has 0 aliphatic carbocycles. The summed E-state index contributed by atoms with van der Waals surface area (Å²) in [4.78, 5) is 9.86. The SMILES string of the molecule is CC12C(c3ccccc3N1c1ccccc1)c1c(-c3ccc4c(c3)oc3ccccc34)cccc1N2c1ccccn1. The van der Waals surface area contributed by atoms with Crippen molar-refractivity contribution in [1.82, 2.24) is 4.98 Å². The molecule has 2 aromatic heterocycles. The Balaban J connectivity index is 1.34. The van der Waals surface area contributed by atoms with Gasteiger partial charge in [-0.1, -0.05) is 78.9 Å². The van der Waals surface area contributed by atoms with Gasteiger partial charge in [-0.05, 0) is 83.8 Å². The van der Waals surface area contributed by atoms with Crippen molar-refractivity contribution in [2.45, 2.75) is 18.5 Å². The molecule has 4 nitrogen and oxygen atoms in total. The molecule has 2 atom stereocenters. The molecular formula is C38H27N3O. The number of anilines is 4. The molecule has 4 heterocycles. The Hall–Kier alpha value is -5.35. The summed E-state index contributed by atoms with van der Waals surface area (Å²) in [6.45, 7) is 2.37. The second-order valence-electron chi connectivity index (χ2n) is 11.3. The molecule has 0 saturated heterocycles. The van der Waals surface area contributed by atoms with Crippen LogP contribution in [0, 0.1) is 0 Å². The second-order valence-corrected chi connectivity index (χ2v) is 11.3. The molecule has 0 N–H and O–H groups in total. The van der Waals surface area contributed by atoms with Crippen LogP contribution >= 0.6 is 0 Å². The summed E-state index contributed by atoms with van der Waals surface area (Å²) >= 11 is 0. The summed E-state index contributed by atoms with van der Waals surface area (Å²) in [6, 6.07) is 47.4. The normalized spacial score (nSPS) is 18.8. The molecule has 0 radical (unpaired) electrons. The third-order valence-corrected chi connectivity index (χ3v) is 9.14. The molecule has 9 rings (SSSR count). The lowest BCUT2D eigenvalue weighted by Gasteiger charge is -2.44. The van der Waals surface area contributed by atoms with E-state index in [1.165, 1.54) is 28.1 Å². The summed E-state index contributed by atoms with van der Waals surface area (Å²) in [6.07, 6.45) is 1.89. The minimum Gasteiger partial charge on any atom is -0.456 e. The Bertz CT molecular complexity index is 2140. The van der Waals surface area contributed by atoms with E-state index in [1.54, 1.807) is 0 Å². The van der Waals surface area contributed by atoms with Crippen molar-refractivity contribution in [3.05, 3.63) is 151 Å². The zero-order valence-corrected chi connectivity index (χ0v) is 23.1. The Labute approximate surface area is 244 Å². The molecule has 0 bridgehead atoms. The number of rotatable bonds is 3. The van der Waals surface area contributed by atoms with Crippen LogP contribution in [0.2, 0.25) is 0 Å². The first kappa shape index (κ1) is 23.4. The highest BCUT2D eigenvalue weighted by Gasteiger charge is 2.59. The molecule has 5 aromatic carbocycles. The van der Waals surface area contributed by atoms with Crippen molar-refractivity contribution in [2.75, 3.05) is 9.80 Å². The quantitative estimate of drug-likeness (QED) is 0.223. The average Bonchev–Trinajstić information content (AvgIpc) is 3.63. The van der Waals surface area contributed by atoms with Crippen molar-refractivity contribution in [3.8, 4) is 11.1 Å². The summed E-state index contributed by atoms with van der Waals surface area (Å²) in [5.74, 6) is 1.01. The van der Waals surface area contributed by atoms with Gasteiger partial charge in [-0.15, -0.1) is 0 Å². The minimum atomic E-state index is -0.471. The number of nitrogens with zero attached hydrogens (tertiary/aromatic N) is 3. The highest BCUT2D eigenvalue weighted by molar-refractivity contribution is 6.06. The van der Waals surface area contributed by atoms with E-state index in [0.29, 0.717) is 0 Å². The Morgan fingerprint density at radius 1 is 0.643 bits per heavy atom. The summed E-state index contributed by atoms with van der Waals surface area (Å²) < 4.78 is 6.33. The summed E-state index contributed by atoms with van der Waals surface area (Å²) in [5, 5.41) is 2.29. The lowest BCUT2D eigenvalue weighted by molar-refractivity contribution is 0.469. The summed E-state index contributed by atoms with van der Waals surface area (Å²) in [7, 11) is 0. The fourth-order valence-electron chi connectivity index (χ4n) is 7.52. The van der Waals surface area contributed by atoms with Gasteiger partial charge in [0.2, 0.25) is 0 Å². The van der Waals surface area contributed by atoms with Gasteiger partial charge in [-0.2, -0.15) is 0 Å². The third-order valence-electron chi connectivity index (χ3n) is 9.14. The van der Waals surface area contributed by atoms with Crippen LogP contribution in [0.25, 0.3) is 33.1 Å². The van der Waals surface area contributed by atoms with Crippen LogP contribution in [0.4, 0.5) is 22.9 Å². The summed E-state index contributed by atoms with van der Waals surface area (Å²) in [5.41, 5.74) is 9.92. The zero-order valence-electron chi connectivity index (χ0n) is 23.1. The zero-order chi connectivity index (χ0) is 27.8. The number of hydrogen-bond donors (Lipinski definition) is 0. The van der Waals surface area contributed by atoms with E-state index >= 15 is 0 Å². The Morgan fingerprint density at radius 3 is 2.29 bits per heavy atom. The third kappa shape index (κ3) is 3.04. The molecule has 0 amide bonds. The molecule has 42 heavy (non-hydrogen) atoms. The molecule has 2 aliphatic rings. The fourth-order valence-corrected chi connectivity index (χ4v) is 7.52. The maximum atomic E-state index is 6.33. The number of hydrogen-bond acceptors (Lipinski definition) is 4. The van der Waals surface area contributed by atoms with Gasteiger partial charge in [0.15, 0.2) is 0 Å². The number of para-hydroxylation sites is 3. The molecule has 200 valence electrons. The molecule has 2 unspecified atom stereocenters. The van der Waals surface area contributed by atoms with Gasteiger partial charge in [-0.3, -0.25) is 0 Å². The van der Waals surface area contributed by atoms with Crippen LogP contribution < -0.4 is 9.80 Å². The van der Waals surface area contributed by atoms with Gasteiger partial charge >= 0.3 is 0 Å². The van der Waals surface area contributed by atoms with E-state index < -0.39 is 5.66 Å².